The van der Waals surface area contributed by atoms with Crippen LogP contribution >= 0.6 is 0 Å². The van der Waals surface area contributed by atoms with Crippen LogP contribution in [0.15, 0.2) is 30.7 Å². The van der Waals surface area contributed by atoms with E-state index in [9.17, 15) is 9.50 Å². The van der Waals surface area contributed by atoms with Crippen LogP contribution in [0.1, 0.15) is 30.9 Å². The molecule has 2 atom stereocenters. The number of pyridine rings is 1. The maximum atomic E-state index is 13.0. The third-order valence-electron chi connectivity index (χ3n) is 3.99. The number of hydrogen-bond acceptors (Lipinski definition) is 4. The predicted octanol–water partition coefficient (Wildman–Crippen LogP) is 2.05. The Labute approximate surface area is 123 Å². The quantitative estimate of drug-likeness (QED) is 0.936. The molecule has 0 amide bonds. The van der Waals surface area contributed by atoms with Gasteiger partial charge in [-0.05, 0) is 31.4 Å². The second kappa shape index (κ2) is 5.81. The van der Waals surface area contributed by atoms with Crippen molar-refractivity contribution in [3.8, 4) is 0 Å². The molecule has 0 spiro atoms. The van der Waals surface area contributed by atoms with Crippen molar-refractivity contribution in [3.63, 3.8) is 0 Å². The van der Waals surface area contributed by atoms with Crippen molar-refractivity contribution < 1.29 is 9.50 Å². The second-order valence-corrected chi connectivity index (χ2v) is 5.52. The number of aliphatic hydroxyl groups excluding tert-OH is 1. The van der Waals surface area contributed by atoms with Gasteiger partial charge in [0, 0.05) is 31.4 Å². The Bertz CT molecular complexity index is 598. The van der Waals surface area contributed by atoms with Gasteiger partial charge in [-0.15, -0.1) is 0 Å². The molecule has 1 fully saturated rings. The number of aryl methyl sites for hydroxylation is 1. The molecule has 2 aromatic heterocycles. The normalized spacial score (nSPS) is 20.0. The predicted molar refractivity (Wildman–Crippen MR) is 77.3 cm³/mol. The SMILES string of the molecule is Cn1cc(C(O)CC2CCCN2c2ccc(F)cn2)cn1. The largest absolute Gasteiger partial charge is 0.388 e. The molecule has 1 saturated heterocycles. The van der Waals surface area contributed by atoms with Gasteiger partial charge in [0.15, 0.2) is 0 Å². The number of halogens is 1. The minimum atomic E-state index is -0.537. The molecule has 2 aromatic rings. The molecule has 0 radical (unpaired) electrons. The summed E-state index contributed by atoms with van der Waals surface area (Å²) in [7, 11) is 1.83. The van der Waals surface area contributed by atoms with Crippen LogP contribution in [0.4, 0.5) is 10.2 Å². The molecule has 6 heteroatoms. The minimum absolute atomic E-state index is 0.221. The maximum Gasteiger partial charge on any atom is 0.141 e. The van der Waals surface area contributed by atoms with Gasteiger partial charge in [-0.2, -0.15) is 5.10 Å². The van der Waals surface area contributed by atoms with Crippen molar-refractivity contribution in [3.05, 3.63) is 42.1 Å². The Morgan fingerprint density at radius 2 is 2.29 bits per heavy atom. The summed E-state index contributed by atoms with van der Waals surface area (Å²) in [5, 5.41) is 14.4. The number of aliphatic hydroxyl groups is 1. The number of hydrogen-bond donors (Lipinski definition) is 1. The number of nitrogens with zero attached hydrogens (tertiary/aromatic N) is 4. The monoisotopic (exact) mass is 290 g/mol. The average Bonchev–Trinajstić information content (AvgIpc) is 3.09. The van der Waals surface area contributed by atoms with Crippen LogP contribution in [0.2, 0.25) is 0 Å². The van der Waals surface area contributed by atoms with E-state index in [1.165, 1.54) is 12.3 Å². The minimum Gasteiger partial charge on any atom is -0.388 e. The standard InChI is InChI=1S/C15H19FN4O/c1-19-10-11(8-18-19)14(21)7-13-3-2-6-20(13)15-5-4-12(16)9-17-15/h4-5,8-10,13-14,21H,2-3,6-7H2,1H3. The molecular formula is C15H19FN4O. The van der Waals surface area contributed by atoms with Gasteiger partial charge in [0.2, 0.25) is 0 Å². The summed E-state index contributed by atoms with van der Waals surface area (Å²) in [5.41, 5.74) is 0.830. The van der Waals surface area contributed by atoms with E-state index < -0.39 is 6.10 Å². The highest BCUT2D eigenvalue weighted by Gasteiger charge is 2.28. The smallest absolute Gasteiger partial charge is 0.141 e. The van der Waals surface area contributed by atoms with Gasteiger partial charge in [-0.1, -0.05) is 0 Å². The first-order valence-electron chi connectivity index (χ1n) is 7.18. The molecule has 3 rings (SSSR count). The summed E-state index contributed by atoms with van der Waals surface area (Å²) < 4.78 is 14.7. The van der Waals surface area contributed by atoms with Gasteiger partial charge in [0.1, 0.15) is 11.6 Å². The van der Waals surface area contributed by atoms with Crippen molar-refractivity contribution >= 4 is 5.82 Å². The molecular weight excluding hydrogens is 271 g/mol. The van der Waals surface area contributed by atoms with Crippen LogP contribution in [0.5, 0.6) is 0 Å². The molecule has 1 N–H and O–H groups in total. The van der Waals surface area contributed by atoms with E-state index in [0.717, 1.165) is 30.8 Å². The summed E-state index contributed by atoms with van der Waals surface area (Å²) >= 11 is 0. The first-order chi connectivity index (χ1) is 10.1. The number of aromatic nitrogens is 3. The molecule has 21 heavy (non-hydrogen) atoms. The average molecular weight is 290 g/mol. The molecule has 5 nitrogen and oxygen atoms in total. The molecule has 112 valence electrons. The zero-order valence-corrected chi connectivity index (χ0v) is 12.0. The van der Waals surface area contributed by atoms with Crippen molar-refractivity contribution in [1.29, 1.82) is 0 Å². The zero-order chi connectivity index (χ0) is 14.8. The highest BCUT2D eigenvalue weighted by Crippen LogP contribution is 2.30. The Balaban J connectivity index is 1.70. The highest BCUT2D eigenvalue weighted by molar-refractivity contribution is 5.40. The Morgan fingerprint density at radius 1 is 1.43 bits per heavy atom. The van der Waals surface area contributed by atoms with Crippen molar-refractivity contribution in [2.24, 2.45) is 7.05 Å². The van der Waals surface area contributed by atoms with Gasteiger partial charge in [-0.3, -0.25) is 4.68 Å². The van der Waals surface area contributed by atoms with Crippen LogP contribution < -0.4 is 4.90 Å². The highest BCUT2D eigenvalue weighted by atomic mass is 19.1. The number of anilines is 1. The lowest BCUT2D eigenvalue weighted by molar-refractivity contribution is 0.158. The fourth-order valence-corrected chi connectivity index (χ4v) is 2.93. The van der Waals surface area contributed by atoms with Crippen molar-refractivity contribution in [2.75, 3.05) is 11.4 Å². The van der Waals surface area contributed by atoms with E-state index in [2.05, 4.69) is 15.0 Å². The Morgan fingerprint density at radius 3 is 2.95 bits per heavy atom. The third kappa shape index (κ3) is 3.05. The van der Waals surface area contributed by atoms with Crippen molar-refractivity contribution in [2.45, 2.75) is 31.4 Å². The van der Waals surface area contributed by atoms with Gasteiger partial charge in [0.25, 0.3) is 0 Å². The summed E-state index contributed by atoms with van der Waals surface area (Å²) in [6.45, 7) is 0.892. The molecule has 0 aliphatic carbocycles. The summed E-state index contributed by atoms with van der Waals surface area (Å²) in [6, 6.07) is 3.34. The van der Waals surface area contributed by atoms with E-state index in [1.807, 2.05) is 13.2 Å². The molecule has 0 bridgehead atoms. The lowest BCUT2D eigenvalue weighted by Crippen LogP contribution is -2.31. The van der Waals surface area contributed by atoms with E-state index in [0.29, 0.717) is 6.42 Å². The Hall–Kier alpha value is -1.95. The Kier molecular flexibility index (Phi) is 3.88. The summed E-state index contributed by atoms with van der Waals surface area (Å²) in [5.74, 6) is 0.446. The van der Waals surface area contributed by atoms with Crippen LogP contribution in [-0.4, -0.2) is 32.5 Å². The first kappa shape index (κ1) is 14.0. The van der Waals surface area contributed by atoms with E-state index >= 15 is 0 Å². The maximum absolute atomic E-state index is 13.0. The summed E-state index contributed by atoms with van der Waals surface area (Å²) in [6.07, 6.45) is 6.93. The van der Waals surface area contributed by atoms with Crippen LogP contribution in [-0.2, 0) is 7.05 Å². The lowest BCUT2D eigenvalue weighted by atomic mass is 10.0. The lowest BCUT2D eigenvalue weighted by Gasteiger charge is -2.27. The van der Waals surface area contributed by atoms with E-state index in [-0.39, 0.29) is 11.9 Å². The molecule has 0 saturated carbocycles. The van der Waals surface area contributed by atoms with Crippen LogP contribution in [0, 0.1) is 5.82 Å². The van der Waals surface area contributed by atoms with Gasteiger partial charge in [-0.25, -0.2) is 9.37 Å². The second-order valence-electron chi connectivity index (χ2n) is 5.52. The summed E-state index contributed by atoms with van der Waals surface area (Å²) in [4.78, 5) is 6.30. The third-order valence-corrected chi connectivity index (χ3v) is 3.99. The molecule has 1 aliphatic rings. The molecule has 1 aliphatic heterocycles. The van der Waals surface area contributed by atoms with Crippen molar-refractivity contribution in [1.82, 2.24) is 14.8 Å². The topological polar surface area (TPSA) is 54.2 Å². The fourth-order valence-electron chi connectivity index (χ4n) is 2.93. The zero-order valence-electron chi connectivity index (χ0n) is 12.0. The fraction of sp³-hybridized carbons (Fsp3) is 0.467. The molecule has 0 aromatic carbocycles. The van der Waals surface area contributed by atoms with E-state index in [4.69, 9.17) is 0 Å². The first-order valence-corrected chi connectivity index (χ1v) is 7.18. The van der Waals surface area contributed by atoms with Gasteiger partial charge < -0.3 is 10.0 Å². The number of rotatable bonds is 4. The van der Waals surface area contributed by atoms with Gasteiger partial charge in [0.05, 0.1) is 18.5 Å². The molecule has 2 unspecified atom stereocenters. The van der Waals surface area contributed by atoms with Crippen LogP contribution in [0.3, 0.4) is 0 Å². The van der Waals surface area contributed by atoms with E-state index in [1.54, 1.807) is 16.9 Å². The van der Waals surface area contributed by atoms with Gasteiger partial charge >= 0.3 is 0 Å². The van der Waals surface area contributed by atoms with Crippen LogP contribution in [0.25, 0.3) is 0 Å². The molecule has 3 heterocycles.